The van der Waals surface area contributed by atoms with E-state index in [0.717, 1.165) is 11.1 Å². The predicted molar refractivity (Wildman–Crippen MR) is 263 cm³/mol. The summed E-state index contributed by atoms with van der Waals surface area (Å²) in [5.41, 5.74) is 2.17. The number of benzene rings is 2. The minimum atomic E-state index is -2.40. The van der Waals surface area contributed by atoms with E-state index in [2.05, 4.69) is 21.3 Å². The summed E-state index contributed by atoms with van der Waals surface area (Å²) < 4.78 is 44.3. The van der Waals surface area contributed by atoms with Gasteiger partial charge in [0, 0.05) is 63.7 Å². The first-order chi connectivity index (χ1) is 34.4. The topological polar surface area (TPSA) is 288 Å². The van der Waals surface area contributed by atoms with Gasteiger partial charge in [-0.25, -0.2) is 4.79 Å². The molecule has 2 aromatic rings. The molecule has 4 amide bonds. The van der Waals surface area contributed by atoms with Gasteiger partial charge in [-0.15, -0.1) is 0 Å². The summed E-state index contributed by atoms with van der Waals surface area (Å²) in [5.74, 6) is -3.95. The average Bonchev–Trinajstić information content (AvgIpc) is 3.36. The smallest absolute Gasteiger partial charge is 0.364 e. The van der Waals surface area contributed by atoms with Gasteiger partial charge in [-0.05, 0) is 55.2 Å². The van der Waals surface area contributed by atoms with Gasteiger partial charge in [0.25, 0.3) is 11.7 Å². The van der Waals surface area contributed by atoms with E-state index in [1.807, 2.05) is 37.3 Å². The molecule has 1 aliphatic heterocycles. The number of nitrogens with one attached hydrogen (secondary N) is 4. The Hall–Kier alpha value is -4.30. The molecule has 400 valence electrons. The zero-order valence-electron chi connectivity index (χ0n) is 41.1. The number of aliphatic carboxylic acids is 1. The Morgan fingerprint density at radius 1 is 0.690 bits per heavy atom. The Kier molecular flexibility index (Phi) is 31.4. The van der Waals surface area contributed by atoms with Crippen molar-refractivity contribution >= 4 is 41.4 Å². The molecule has 6 atom stereocenters. The molecular weight excluding hydrogens is 949 g/mol. The molecule has 0 bridgehead atoms. The number of thioether (sulfide) groups is 1. The predicted octanol–water partition coefficient (Wildman–Crippen LogP) is 1.29. The lowest BCUT2D eigenvalue weighted by Crippen LogP contribution is -2.68. The Balaban J connectivity index is 1.18. The number of carbonyl (C=O) groups is 5. The van der Waals surface area contributed by atoms with E-state index in [1.165, 1.54) is 6.92 Å². The number of rotatable bonds is 40. The molecule has 2 aromatic carbocycles. The highest BCUT2D eigenvalue weighted by Crippen LogP contribution is 2.34. The van der Waals surface area contributed by atoms with E-state index in [0.29, 0.717) is 142 Å². The second kappa shape index (κ2) is 36.6. The average molecular weight is 1030 g/mol. The van der Waals surface area contributed by atoms with E-state index >= 15 is 0 Å². The van der Waals surface area contributed by atoms with Gasteiger partial charge < -0.3 is 79.6 Å². The fourth-order valence-corrected chi connectivity index (χ4v) is 7.81. The maximum atomic E-state index is 12.9. The molecule has 0 aromatic heterocycles. The number of hydrogen-bond donors (Lipinski definition) is 8. The van der Waals surface area contributed by atoms with E-state index in [1.54, 1.807) is 36.0 Å². The van der Waals surface area contributed by atoms with Gasteiger partial charge in [0.1, 0.15) is 12.2 Å². The minimum absolute atomic E-state index is 0.0373. The molecule has 3 rings (SSSR count). The molecule has 22 heteroatoms. The quantitative estimate of drug-likeness (QED) is 0.0437. The van der Waals surface area contributed by atoms with Crippen molar-refractivity contribution in [2.75, 3.05) is 117 Å². The molecule has 71 heavy (non-hydrogen) atoms. The van der Waals surface area contributed by atoms with Gasteiger partial charge in [0.05, 0.1) is 97.5 Å². The van der Waals surface area contributed by atoms with Crippen LogP contribution in [-0.4, -0.2) is 203 Å². The third-order valence-electron chi connectivity index (χ3n) is 10.8. The number of aliphatic hydroxyl groups is 3. The van der Waals surface area contributed by atoms with E-state index in [9.17, 15) is 44.4 Å². The van der Waals surface area contributed by atoms with Crippen LogP contribution in [-0.2, 0) is 57.1 Å². The van der Waals surface area contributed by atoms with Crippen LogP contribution in [0.2, 0.25) is 0 Å². The highest BCUT2D eigenvalue weighted by Gasteiger charge is 2.55. The lowest BCUT2D eigenvalue weighted by molar-refractivity contribution is -0.310. The largest absolute Gasteiger partial charge is 0.477 e. The van der Waals surface area contributed by atoms with Crippen molar-refractivity contribution in [1.82, 2.24) is 21.3 Å². The van der Waals surface area contributed by atoms with E-state index in [-0.39, 0.29) is 18.4 Å². The zero-order chi connectivity index (χ0) is 51.5. The highest BCUT2D eigenvalue weighted by molar-refractivity contribution is 7.99. The van der Waals surface area contributed by atoms with Gasteiger partial charge in [0.15, 0.2) is 0 Å². The summed E-state index contributed by atoms with van der Waals surface area (Å²) in [6.07, 6.45) is -4.86. The molecule has 1 heterocycles. The molecule has 0 aliphatic carbocycles. The number of unbranched alkanes of at least 4 members (excludes halogenated alkanes) is 1. The van der Waals surface area contributed by atoms with Crippen LogP contribution < -0.4 is 21.3 Å². The lowest BCUT2D eigenvalue weighted by Gasteiger charge is -2.46. The zero-order valence-corrected chi connectivity index (χ0v) is 41.9. The van der Waals surface area contributed by atoms with Crippen molar-refractivity contribution in [1.29, 1.82) is 0 Å². The van der Waals surface area contributed by atoms with Crippen LogP contribution in [0.3, 0.4) is 0 Å². The first-order valence-electron chi connectivity index (χ1n) is 24.2. The van der Waals surface area contributed by atoms with Crippen LogP contribution in [0.5, 0.6) is 0 Å². The molecule has 1 saturated heterocycles. The third kappa shape index (κ3) is 25.3. The summed E-state index contributed by atoms with van der Waals surface area (Å²) in [5, 5.41) is 54.0. The molecule has 1 fully saturated rings. The maximum Gasteiger partial charge on any atom is 0.364 e. The van der Waals surface area contributed by atoms with Crippen molar-refractivity contribution in [3.05, 3.63) is 60.2 Å². The first kappa shape index (κ1) is 61.0. The number of carboxylic acids is 1. The number of amides is 4. The second-order valence-corrected chi connectivity index (χ2v) is 17.6. The van der Waals surface area contributed by atoms with E-state index in [4.69, 9.17) is 37.9 Å². The molecule has 0 unspecified atom stereocenters. The van der Waals surface area contributed by atoms with Gasteiger partial charge in [-0.1, -0.05) is 42.5 Å². The number of carboxylic acid groups (broad SMARTS) is 1. The van der Waals surface area contributed by atoms with E-state index < -0.39 is 67.0 Å². The Bertz CT molecular complexity index is 1800. The Morgan fingerprint density at radius 2 is 1.23 bits per heavy atom. The molecule has 21 nitrogen and oxygen atoms in total. The molecule has 0 spiro atoms. The molecule has 0 saturated carbocycles. The SMILES string of the molecule is CCOCCNC(=O)CCCCC(=O)NCCOCCOCCOCCOCCOCCSCCCO[C@]1(C(=O)O)C[C@H](O)[C@@H](NC(C)=O)[C@H]([C@H](O)[C@H](O)CNC(=O)c2ccc(-c3ccccc3)cc2)O1. The molecule has 1 aliphatic rings. The lowest BCUT2D eigenvalue weighted by atomic mass is 9.88. The number of carbonyl (C=O) groups excluding carboxylic acids is 4. The van der Waals surface area contributed by atoms with Crippen molar-refractivity contribution in [2.45, 2.75) is 88.6 Å². The summed E-state index contributed by atoms with van der Waals surface area (Å²) >= 11 is 1.56. The maximum absolute atomic E-state index is 12.9. The van der Waals surface area contributed by atoms with Crippen molar-refractivity contribution < 1.29 is 82.3 Å². The second-order valence-electron chi connectivity index (χ2n) is 16.3. The number of ether oxygens (including phenoxy) is 8. The van der Waals surface area contributed by atoms with Gasteiger partial charge in [-0.3, -0.25) is 19.2 Å². The van der Waals surface area contributed by atoms with Gasteiger partial charge >= 0.3 is 5.97 Å². The molecular formula is C49H76N4O17S. The normalized spacial score (nSPS) is 18.6. The van der Waals surface area contributed by atoms with Crippen LogP contribution >= 0.6 is 11.8 Å². The van der Waals surface area contributed by atoms with Crippen molar-refractivity contribution in [3.8, 4) is 11.1 Å². The Morgan fingerprint density at radius 3 is 1.77 bits per heavy atom. The van der Waals surface area contributed by atoms with Gasteiger partial charge in [-0.2, -0.15) is 11.8 Å². The summed E-state index contributed by atoms with van der Waals surface area (Å²) in [7, 11) is 0. The molecule has 0 radical (unpaired) electrons. The van der Waals surface area contributed by atoms with Crippen molar-refractivity contribution in [3.63, 3.8) is 0 Å². The van der Waals surface area contributed by atoms with Crippen LogP contribution in [0, 0.1) is 0 Å². The minimum Gasteiger partial charge on any atom is -0.477 e. The number of aliphatic hydroxyl groups excluding tert-OH is 3. The van der Waals surface area contributed by atoms with Gasteiger partial charge in [0.2, 0.25) is 17.7 Å². The Labute approximate surface area is 420 Å². The monoisotopic (exact) mass is 1020 g/mol. The summed E-state index contributed by atoms with van der Waals surface area (Å²) in [4.78, 5) is 61.2. The summed E-state index contributed by atoms with van der Waals surface area (Å²) in [6, 6.07) is 15.1. The number of hydrogen-bond acceptors (Lipinski definition) is 17. The standard InChI is InChI=1S/C49H76N4O17S/c1-3-63-21-18-50-42(57)12-7-8-13-43(58)51-19-22-64-23-24-65-25-26-66-27-28-67-29-30-68-31-33-71-32-9-20-69-49(48(61)62)34-40(55)44(53-36(2)54)46(70-49)45(59)41(56)35-52-47(60)39-16-14-38(15-17-39)37-10-5-4-6-11-37/h4-6,10-11,14-17,40-41,44-46,55-56,59H,3,7-9,12-13,18-35H2,1-2H3,(H,50,57)(H,51,58)(H,52,60)(H,53,54)(H,61,62)/t40-,41+,44+,45+,46+,49+/m0/s1. The molecule has 8 N–H and O–H groups in total. The fraction of sp³-hybridized carbons (Fsp3) is 0.653. The van der Waals surface area contributed by atoms with Crippen LogP contribution in [0.4, 0.5) is 0 Å². The van der Waals surface area contributed by atoms with Crippen LogP contribution in [0.15, 0.2) is 54.6 Å². The van der Waals surface area contributed by atoms with Crippen molar-refractivity contribution in [2.24, 2.45) is 0 Å². The summed E-state index contributed by atoms with van der Waals surface area (Å²) in [6.45, 7) is 8.55. The first-order valence-corrected chi connectivity index (χ1v) is 25.4. The fourth-order valence-electron chi connectivity index (χ4n) is 7.05. The highest BCUT2D eigenvalue weighted by atomic mass is 32.2. The van der Waals surface area contributed by atoms with Crippen LogP contribution in [0.1, 0.15) is 62.7 Å². The third-order valence-corrected chi connectivity index (χ3v) is 11.8. The van der Waals surface area contributed by atoms with Crippen LogP contribution in [0.25, 0.3) is 11.1 Å².